The molecule has 0 radical (unpaired) electrons. The summed E-state index contributed by atoms with van der Waals surface area (Å²) in [7, 11) is 1.49. The fourth-order valence-corrected chi connectivity index (χ4v) is 5.51. The smallest absolute Gasteiger partial charge is 0.344 e. The van der Waals surface area contributed by atoms with Gasteiger partial charge in [0.2, 0.25) is 0 Å². The normalized spacial score (nSPS) is 14.7. The lowest BCUT2D eigenvalue weighted by atomic mass is 9.95. The molecule has 1 atom stereocenters. The molecule has 216 valence electrons. The molecule has 4 rings (SSSR count). The predicted octanol–water partition coefficient (Wildman–Crippen LogP) is 3.15. The van der Waals surface area contributed by atoms with Crippen molar-refractivity contribution in [2.45, 2.75) is 33.7 Å². The molecule has 0 bridgehead atoms. The number of hydrogen-bond donors (Lipinski definition) is 0. The molecule has 0 amide bonds. The van der Waals surface area contributed by atoms with Crippen molar-refractivity contribution in [1.82, 2.24) is 4.57 Å². The lowest BCUT2D eigenvalue weighted by Crippen LogP contribution is -2.40. The number of aromatic nitrogens is 1. The molecule has 0 saturated heterocycles. The van der Waals surface area contributed by atoms with Gasteiger partial charge in [-0.15, -0.1) is 0 Å². The maximum atomic E-state index is 13.9. The number of carbonyl (C=O) groups is 2. The molecule has 0 saturated carbocycles. The summed E-state index contributed by atoms with van der Waals surface area (Å²) in [5, 5.41) is 0. The summed E-state index contributed by atoms with van der Waals surface area (Å²) in [5.74, 6) is 0.288. The highest BCUT2D eigenvalue weighted by Crippen LogP contribution is 2.36. The van der Waals surface area contributed by atoms with Crippen LogP contribution in [0.2, 0.25) is 0 Å². The third-order valence-corrected chi connectivity index (χ3v) is 7.15. The van der Waals surface area contributed by atoms with Crippen LogP contribution >= 0.6 is 11.3 Å². The van der Waals surface area contributed by atoms with Gasteiger partial charge >= 0.3 is 11.9 Å². The molecular formula is C30H32N2O8S. The predicted molar refractivity (Wildman–Crippen MR) is 153 cm³/mol. The van der Waals surface area contributed by atoms with Crippen molar-refractivity contribution in [2.24, 2.45) is 4.99 Å². The Morgan fingerprint density at radius 2 is 1.73 bits per heavy atom. The molecule has 1 aliphatic rings. The molecule has 2 aromatic carbocycles. The first-order chi connectivity index (χ1) is 19.8. The number of allylic oxidation sites excluding steroid dienone is 1. The molecule has 0 fully saturated rings. The Bertz CT molecular complexity index is 1650. The minimum absolute atomic E-state index is 0.182. The maximum absolute atomic E-state index is 13.9. The number of benzene rings is 2. The average Bonchev–Trinajstić information content (AvgIpc) is 3.26. The van der Waals surface area contributed by atoms with Crippen LogP contribution in [0, 0.1) is 0 Å². The van der Waals surface area contributed by atoms with E-state index in [1.165, 1.54) is 23.0 Å². The second-order valence-corrected chi connectivity index (χ2v) is 9.79. The number of rotatable bonds is 11. The van der Waals surface area contributed by atoms with Crippen LogP contribution in [0.4, 0.5) is 0 Å². The van der Waals surface area contributed by atoms with Gasteiger partial charge in [0.25, 0.3) is 5.56 Å². The van der Waals surface area contributed by atoms with Crippen LogP contribution in [0.3, 0.4) is 0 Å². The van der Waals surface area contributed by atoms with E-state index in [0.717, 1.165) is 0 Å². The highest BCUT2D eigenvalue weighted by atomic mass is 32.1. The van der Waals surface area contributed by atoms with Crippen molar-refractivity contribution < 1.29 is 33.3 Å². The second kappa shape index (κ2) is 13.3. The first-order valence-corrected chi connectivity index (χ1v) is 14.0. The molecule has 0 N–H and O–H groups in total. The fourth-order valence-electron chi connectivity index (χ4n) is 4.46. The molecular weight excluding hydrogens is 548 g/mol. The number of carbonyl (C=O) groups excluding carboxylic acids is 2. The lowest BCUT2D eigenvalue weighted by Gasteiger charge is -2.26. The zero-order chi connectivity index (χ0) is 29.5. The standard InChI is InChI=1S/C30H32N2O8S/c1-6-37-21-12-10-9-11-20(21)27-26(29(35)39-8-3)18(4)31-30-32(27)28(34)24(41-30)16-19-13-14-22(23(15-19)36-5)40-17-25(33)38-7-2/h9-16,27H,6-8,17H2,1-5H3/b24-16-/t27-/m0/s1. The maximum Gasteiger partial charge on any atom is 0.344 e. The second-order valence-electron chi connectivity index (χ2n) is 8.78. The van der Waals surface area contributed by atoms with Crippen LogP contribution in [0.5, 0.6) is 17.2 Å². The third-order valence-electron chi connectivity index (χ3n) is 6.17. The minimum atomic E-state index is -0.789. The van der Waals surface area contributed by atoms with Crippen LogP contribution in [-0.4, -0.2) is 50.0 Å². The molecule has 2 heterocycles. The zero-order valence-corrected chi connectivity index (χ0v) is 24.4. The van der Waals surface area contributed by atoms with E-state index in [1.54, 1.807) is 45.0 Å². The number of ether oxygens (including phenoxy) is 5. The van der Waals surface area contributed by atoms with Gasteiger partial charge in [-0.25, -0.2) is 14.6 Å². The highest BCUT2D eigenvalue weighted by Gasteiger charge is 2.35. The SMILES string of the molecule is CCOC(=O)COc1ccc(/C=c2\sc3n(c2=O)[C@@H](c2ccccc2OCC)C(C(=O)OCC)=C(C)N=3)cc1OC. The summed E-state index contributed by atoms with van der Waals surface area (Å²) in [5.41, 5.74) is 1.76. The quantitative estimate of drug-likeness (QED) is 0.318. The monoisotopic (exact) mass is 580 g/mol. The van der Waals surface area contributed by atoms with E-state index in [2.05, 4.69) is 4.99 Å². The van der Waals surface area contributed by atoms with Gasteiger partial charge in [0.1, 0.15) is 11.8 Å². The molecule has 0 spiro atoms. The Hall–Kier alpha value is -4.38. The van der Waals surface area contributed by atoms with E-state index in [4.69, 9.17) is 23.7 Å². The van der Waals surface area contributed by atoms with E-state index in [0.29, 0.717) is 50.0 Å². The van der Waals surface area contributed by atoms with Gasteiger partial charge < -0.3 is 23.7 Å². The van der Waals surface area contributed by atoms with Gasteiger partial charge in [0.15, 0.2) is 22.9 Å². The average molecular weight is 581 g/mol. The van der Waals surface area contributed by atoms with Crippen LogP contribution in [-0.2, 0) is 19.1 Å². The summed E-state index contributed by atoms with van der Waals surface area (Å²) in [6.45, 7) is 7.65. The largest absolute Gasteiger partial charge is 0.494 e. The highest BCUT2D eigenvalue weighted by molar-refractivity contribution is 7.07. The van der Waals surface area contributed by atoms with Crippen molar-refractivity contribution in [3.8, 4) is 17.2 Å². The van der Waals surface area contributed by atoms with E-state index in [-0.39, 0.29) is 31.0 Å². The minimum Gasteiger partial charge on any atom is -0.494 e. The van der Waals surface area contributed by atoms with Gasteiger partial charge in [0.05, 0.1) is 42.7 Å². The number of hydrogen-bond acceptors (Lipinski definition) is 10. The summed E-state index contributed by atoms with van der Waals surface area (Å²) < 4.78 is 29.1. The summed E-state index contributed by atoms with van der Waals surface area (Å²) in [6.07, 6.45) is 1.72. The van der Waals surface area contributed by atoms with Crippen molar-refractivity contribution >= 4 is 29.4 Å². The lowest BCUT2D eigenvalue weighted by molar-refractivity contribution is -0.145. The van der Waals surface area contributed by atoms with Crippen LogP contribution in [0.25, 0.3) is 6.08 Å². The summed E-state index contributed by atoms with van der Waals surface area (Å²) in [6, 6.07) is 11.6. The fraction of sp³-hybridized carbons (Fsp3) is 0.333. The van der Waals surface area contributed by atoms with Gasteiger partial charge in [-0.3, -0.25) is 9.36 Å². The Kier molecular flexibility index (Phi) is 9.61. The van der Waals surface area contributed by atoms with Crippen molar-refractivity contribution in [1.29, 1.82) is 0 Å². The number of para-hydroxylation sites is 1. The zero-order valence-electron chi connectivity index (χ0n) is 23.6. The van der Waals surface area contributed by atoms with Crippen LogP contribution in [0.1, 0.15) is 44.9 Å². The molecule has 11 heteroatoms. The number of nitrogens with zero attached hydrogens (tertiary/aromatic N) is 2. The van der Waals surface area contributed by atoms with Crippen LogP contribution < -0.4 is 29.1 Å². The number of fused-ring (bicyclic) bond motifs is 1. The molecule has 0 unspecified atom stereocenters. The summed E-state index contributed by atoms with van der Waals surface area (Å²) in [4.78, 5) is 43.8. The molecule has 41 heavy (non-hydrogen) atoms. The van der Waals surface area contributed by atoms with E-state index in [1.807, 2.05) is 31.2 Å². The molecule has 1 aromatic heterocycles. The number of esters is 2. The topological polar surface area (TPSA) is 115 Å². The Labute approximate surface area is 241 Å². The molecule has 1 aliphatic heterocycles. The van der Waals surface area contributed by atoms with Gasteiger partial charge in [-0.2, -0.15) is 0 Å². The van der Waals surface area contributed by atoms with Gasteiger partial charge in [0, 0.05) is 5.56 Å². The first kappa shape index (κ1) is 29.6. The number of methoxy groups -OCH3 is 1. The van der Waals surface area contributed by atoms with Crippen molar-refractivity contribution in [3.63, 3.8) is 0 Å². The third kappa shape index (κ3) is 6.35. The van der Waals surface area contributed by atoms with Gasteiger partial charge in [-0.1, -0.05) is 35.6 Å². The van der Waals surface area contributed by atoms with Crippen LogP contribution in [0.15, 0.2) is 63.5 Å². The van der Waals surface area contributed by atoms with E-state index in [9.17, 15) is 14.4 Å². The molecule has 3 aromatic rings. The summed E-state index contributed by atoms with van der Waals surface area (Å²) >= 11 is 1.21. The molecule has 0 aliphatic carbocycles. The van der Waals surface area contributed by atoms with E-state index >= 15 is 0 Å². The first-order valence-electron chi connectivity index (χ1n) is 13.2. The van der Waals surface area contributed by atoms with Crippen molar-refractivity contribution in [3.05, 3.63) is 84.5 Å². The van der Waals surface area contributed by atoms with E-state index < -0.39 is 18.0 Å². The van der Waals surface area contributed by atoms with Crippen molar-refractivity contribution in [2.75, 3.05) is 33.5 Å². The van der Waals surface area contributed by atoms with Gasteiger partial charge in [-0.05, 0) is 57.5 Å². The Morgan fingerprint density at radius 3 is 2.44 bits per heavy atom. The number of thiazole rings is 1. The Morgan fingerprint density at radius 1 is 0.976 bits per heavy atom. The molecule has 10 nitrogen and oxygen atoms in total. The Balaban J connectivity index is 1.82.